The van der Waals surface area contributed by atoms with Crippen molar-refractivity contribution in [1.82, 2.24) is 0 Å². The summed E-state index contributed by atoms with van der Waals surface area (Å²) < 4.78 is 41.1. The lowest BCUT2D eigenvalue weighted by atomic mass is 10.1. The normalized spacial score (nSPS) is 11.3. The summed E-state index contributed by atoms with van der Waals surface area (Å²) in [4.78, 5) is -0.554. The van der Waals surface area contributed by atoms with Crippen LogP contribution in [0, 0.1) is 12.7 Å². The van der Waals surface area contributed by atoms with E-state index in [9.17, 15) is 12.8 Å². The van der Waals surface area contributed by atoms with Gasteiger partial charge in [-0.2, -0.15) is 0 Å². The first kappa shape index (κ1) is 14.8. The molecule has 0 saturated heterocycles. The molecule has 0 amide bonds. The van der Waals surface area contributed by atoms with Crippen LogP contribution in [0.15, 0.2) is 47.4 Å². The van der Waals surface area contributed by atoms with Gasteiger partial charge in [0.2, 0.25) is 0 Å². The van der Waals surface area contributed by atoms with Crippen LogP contribution in [0.1, 0.15) is 11.1 Å². The zero-order valence-corrected chi connectivity index (χ0v) is 12.2. The van der Waals surface area contributed by atoms with E-state index in [0.29, 0.717) is 0 Å². The van der Waals surface area contributed by atoms with E-state index in [1.54, 1.807) is 0 Å². The SMILES string of the molecule is Cc1cccc(COc2ccc(S(=O)(=O)Cl)c(F)c2)c1. The summed E-state index contributed by atoms with van der Waals surface area (Å²) in [6.45, 7) is 2.23. The van der Waals surface area contributed by atoms with E-state index in [1.165, 1.54) is 6.07 Å². The molecule has 2 aromatic carbocycles. The molecular formula is C14H12ClFO3S. The Morgan fingerprint density at radius 1 is 1.20 bits per heavy atom. The van der Waals surface area contributed by atoms with Crippen LogP contribution in [-0.4, -0.2) is 8.42 Å². The van der Waals surface area contributed by atoms with Gasteiger partial charge < -0.3 is 4.74 Å². The Hall–Kier alpha value is -1.59. The van der Waals surface area contributed by atoms with Crippen LogP contribution in [0.2, 0.25) is 0 Å². The van der Waals surface area contributed by atoms with Crippen molar-refractivity contribution >= 4 is 19.7 Å². The van der Waals surface area contributed by atoms with E-state index in [-0.39, 0.29) is 12.4 Å². The summed E-state index contributed by atoms with van der Waals surface area (Å²) in [5.41, 5.74) is 2.04. The predicted molar refractivity (Wildman–Crippen MR) is 74.9 cm³/mol. The molecule has 0 spiro atoms. The highest BCUT2D eigenvalue weighted by Gasteiger charge is 2.16. The summed E-state index contributed by atoms with van der Waals surface area (Å²) in [6.07, 6.45) is 0. The van der Waals surface area contributed by atoms with Crippen LogP contribution < -0.4 is 4.74 Å². The average Bonchev–Trinajstić information content (AvgIpc) is 2.35. The van der Waals surface area contributed by atoms with E-state index in [1.807, 2.05) is 31.2 Å². The maximum absolute atomic E-state index is 13.6. The van der Waals surface area contributed by atoms with Gasteiger partial charge in [0.1, 0.15) is 23.1 Å². The summed E-state index contributed by atoms with van der Waals surface area (Å²) in [6, 6.07) is 11.2. The van der Waals surface area contributed by atoms with Gasteiger partial charge in [-0.25, -0.2) is 12.8 Å². The smallest absolute Gasteiger partial charge is 0.264 e. The van der Waals surface area contributed by atoms with Crippen molar-refractivity contribution in [3.63, 3.8) is 0 Å². The fraction of sp³-hybridized carbons (Fsp3) is 0.143. The third kappa shape index (κ3) is 3.71. The second-order valence-electron chi connectivity index (χ2n) is 4.31. The van der Waals surface area contributed by atoms with Crippen LogP contribution in [0.4, 0.5) is 4.39 Å². The minimum Gasteiger partial charge on any atom is -0.489 e. The van der Waals surface area contributed by atoms with Crippen LogP contribution >= 0.6 is 10.7 Å². The van der Waals surface area contributed by atoms with E-state index < -0.39 is 19.8 Å². The summed E-state index contributed by atoms with van der Waals surface area (Å²) in [7, 11) is 1.02. The van der Waals surface area contributed by atoms with Crippen LogP contribution in [0.25, 0.3) is 0 Å². The quantitative estimate of drug-likeness (QED) is 0.809. The number of rotatable bonds is 4. The molecule has 0 N–H and O–H groups in total. The molecule has 0 aliphatic carbocycles. The van der Waals surface area contributed by atoms with Crippen molar-refractivity contribution < 1.29 is 17.5 Å². The van der Waals surface area contributed by atoms with Gasteiger partial charge in [0, 0.05) is 16.7 Å². The Balaban J connectivity index is 2.14. The van der Waals surface area contributed by atoms with Crippen molar-refractivity contribution in [3.05, 3.63) is 59.4 Å². The molecule has 3 nitrogen and oxygen atoms in total. The first-order valence-corrected chi connectivity index (χ1v) is 8.10. The van der Waals surface area contributed by atoms with Gasteiger partial charge >= 0.3 is 0 Å². The first-order valence-electron chi connectivity index (χ1n) is 5.79. The molecule has 0 saturated carbocycles. The van der Waals surface area contributed by atoms with E-state index in [2.05, 4.69) is 0 Å². The molecule has 0 aliphatic rings. The highest BCUT2D eigenvalue weighted by Crippen LogP contribution is 2.23. The monoisotopic (exact) mass is 314 g/mol. The zero-order valence-electron chi connectivity index (χ0n) is 10.6. The van der Waals surface area contributed by atoms with Crippen LogP contribution in [0.5, 0.6) is 5.75 Å². The molecule has 0 radical (unpaired) electrons. The molecule has 0 bridgehead atoms. The number of ether oxygens (including phenoxy) is 1. The Labute approximate surface area is 121 Å². The molecule has 0 fully saturated rings. The highest BCUT2D eigenvalue weighted by molar-refractivity contribution is 8.13. The maximum Gasteiger partial charge on any atom is 0.264 e. The van der Waals surface area contributed by atoms with E-state index in [0.717, 1.165) is 23.3 Å². The molecule has 2 rings (SSSR count). The molecule has 0 atom stereocenters. The van der Waals surface area contributed by atoms with Gasteiger partial charge in [0.15, 0.2) is 0 Å². The zero-order chi connectivity index (χ0) is 14.8. The fourth-order valence-electron chi connectivity index (χ4n) is 1.74. The van der Waals surface area contributed by atoms with Gasteiger partial charge in [-0.3, -0.25) is 0 Å². The lowest BCUT2D eigenvalue weighted by molar-refractivity contribution is 0.304. The first-order chi connectivity index (χ1) is 9.36. The number of aryl methyl sites for hydroxylation is 1. The van der Waals surface area contributed by atoms with Gasteiger partial charge in [0.05, 0.1) is 0 Å². The summed E-state index contributed by atoms with van der Waals surface area (Å²) in [5.74, 6) is -0.685. The van der Waals surface area contributed by atoms with Crippen LogP contribution in [-0.2, 0) is 15.7 Å². The van der Waals surface area contributed by atoms with Gasteiger partial charge in [-0.05, 0) is 24.6 Å². The van der Waals surface area contributed by atoms with Crippen molar-refractivity contribution in [2.45, 2.75) is 18.4 Å². The number of benzene rings is 2. The molecule has 0 aromatic heterocycles. The maximum atomic E-state index is 13.6. The average molecular weight is 315 g/mol. The lowest BCUT2D eigenvalue weighted by Gasteiger charge is -2.08. The Morgan fingerprint density at radius 2 is 1.95 bits per heavy atom. The number of hydrogen-bond acceptors (Lipinski definition) is 3. The number of hydrogen-bond donors (Lipinski definition) is 0. The second kappa shape index (κ2) is 5.81. The van der Waals surface area contributed by atoms with Crippen molar-refractivity contribution in [2.24, 2.45) is 0 Å². The fourth-order valence-corrected chi connectivity index (χ4v) is 2.64. The Kier molecular flexibility index (Phi) is 4.30. The second-order valence-corrected chi connectivity index (χ2v) is 6.84. The summed E-state index contributed by atoms with van der Waals surface area (Å²) >= 11 is 0. The largest absolute Gasteiger partial charge is 0.489 e. The van der Waals surface area contributed by atoms with Gasteiger partial charge in [-0.1, -0.05) is 29.8 Å². The molecule has 6 heteroatoms. The van der Waals surface area contributed by atoms with Crippen molar-refractivity contribution in [3.8, 4) is 5.75 Å². The molecule has 0 unspecified atom stereocenters. The van der Waals surface area contributed by atoms with E-state index >= 15 is 0 Å². The standard InChI is InChI=1S/C14H12ClFO3S/c1-10-3-2-4-11(7-10)9-19-12-5-6-14(13(16)8-12)20(15,17)18/h2-8H,9H2,1H3. The summed E-state index contributed by atoms with van der Waals surface area (Å²) in [5, 5.41) is 0. The van der Waals surface area contributed by atoms with Crippen LogP contribution in [0.3, 0.4) is 0 Å². The third-order valence-corrected chi connectivity index (χ3v) is 4.01. The molecule has 106 valence electrons. The topological polar surface area (TPSA) is 43.4 Å². The van der Waals surface area contributed by atoms with Gasteiger partial charge in [0.25, 0.3) is 9.05 Å². The molecule has 0 heterocycles. The van der Waals surface area contributed by atoms with Crippen molar-refractivity contribution in [1.29, 1.82) is 0 Å². The minimum absolute atomic E-state index is 0.244. The highest BCUT2D eigenvalue weighted by atomic mass is 35.7. The predicted octanol–water partition coefficient (Wildman–Crippen LogP) is 3.64. The molecule has 20 heavy (non-hydrogen) atoms. The molecule has 2 aromatic rings. The number of halogens is 2. The third-order valence-electron chi connectivity index (χ3n) is 2.65. The van der Waals surface area contributed by atoms with Crippen molar-refractivity contribution in [2.75, 3.05) is 0 Å². The minimum atomic E-state index is -4.08. The Morgan fingerprint density at radius 3 is 2.55 bits per heavy atom. The Bertz CT molecular complexity index is 729. The lowest BCUT2D eigenvalue weighted by Crippen LogP contribution is -1.99. The molecular weight excluding hydrogens is 303 g/mol. The van der Waals surface area contributed by atoms with Gasteiger partial charge in [-0.15, -0.1) is 0 Å². The van der Waals surface area contributed by atoms with E-state index in [4.69, 9.17) is 15.4 Å². The molecule has 0 aliphatic heterocycles.